The third-order valence-electron chi connectivity index (χ3n) is 4.27. The molecule has 2 aliphatic heterocycles. The zero-order valence-corrected chi connectivity index (χ0v) is 13.7. The first-order chi connectivity index (χ1) is 12.9. The normalized spacial score (nSPS) is 22.3. The van der Waals surface area contributed by atoms with Gasteiger partial charge >= 0.3 is 12.4 Å². The van der Waals surface area contributed by atoms with Gasteiger partial charge in [-0.1, -0.05) is 18.2 Å². The van der Waals surface area contributed by atoms with E-state index in [1.807, 2.05) is 0 Å². The van der Waals surface area contributed by atoms with Crippen LogP contribution < -0.4 is 10.5 Å². The van der Waals surface area contributed by atoms with Crippen LogP contribution >= 0.6 is 0 Å². The molecule has 0 spiro atoms. The van der Waals surface area contributed by atoms with Gasteiger partial charge in [0.05, 0.1) is 11.5 Å². The van der Waals surface area contributed by atoms with Crippen LogP contribution in [0.15, 0.2) is 47.1 Å². The first-order valence-corrected chi connectivity index (χ1v) is 7.70. The Labute approximate surface area is 153 Å². The summed E-state index contributed by atoms with van der Waals surface area (Å²) < 4.78 is 89.0. The predicted molar refractivity (Wildman–Crippen MR) is 80.1 cm³/mol. The predicted octanol–water partition coefficient (Wildman–Crippen LogP) is 3.28. The molecule has 0 saturated carbocycles. The first-order valence-electron chi connectivity index (χ1n) is 7.70. The summed E-state index contributed by atoms with van der Waals surface area (Å²) in [6, 6.07) is 7.63. The Morgan fingerprint density at radius 3 is 2.36 bits per heavy atom. The Kier molecular flexibility index (Phi) is 4.53. The van der Waals surface area contributed by atoms with Gasteiger partial charge in [-0.25, -0.2) is 0 Å². The van der Waals surface area contributed by atoms with Crippen LogP contribution in [0.1, 0.15) is 5.56 Å². The fourth-order valence-corrected chi connectivity index (χ4v) is 3.16. The largest absolute Gasteiger partial charge is 0.489 e. The third kappa shape index (κ3) is 3.26. The number of alkyl halides is 6. The van der Waals surface area contributed by atoms with Gasteiger partial charge in [0.1, 0.15) is 23.5 Å². The molecule has 0 amide bonds. The number of rotatable bonds is 2. The van der Waals surface area contributed by atoms with Crippen molar-refractivity contribution in [1.82, 2.24) is 0 Å². The van der Waals surface area contributed by atoms with Gasteiger partial charge in [-0.3, -0.25) is 4.79 Å². The number of Topliss-reactive ketones (excluding diaryl/α,β-unsaturated/α-hetero) is 1. The van der Waals surface area contributed by atoms with E-state index >= 15 is 0 Å². The molecule has 0 radical (unpaired) electrons. The van der Waals surface area contributed by atoms with Gasteiger partial charge in [0.2, 0.25) is 11.6 Å². The van der Waals surface area contributed by atoms with Crippen molar-refractivity contribution in [3.05, 3.63) is 52.6 Å². The lowest BCUT2D eigenvalue weighted by Gasteiger charge is -2.32. The number of hydrogen-bond donors (Lipinski definition) is 1. The van der Waals surface area contributed by atoms with Gasteiger partial charge in [0.15, 0.2) is 0 Å². The van der Waals surface area contributed by atoms with Gasteiger partial charge < -0.3 is 15.2 Å². The Morgan fingerprint density at radius 2 is 1.82 bits per heavy atom. The van der Waals surface area contributed by atoms with Gasteiger partial charge in [-0.2, -0.15) is 31.6 Å². The lowest BCUT2D eigenvalue weighted by atomic mass is 9.80. The average Bonchev–Trinajstić information content (AvgIpc) is 3.02. The zero-order chi connectivity index (χ0) is 20.9. The van der Waals surface area contributed by atoms with Crippen LogP contribution in [0.4, 0.5) is 26.3 Å². The van der Waals surface area contributed by atoms with Crippen molar-refractivity contribution in [2.24, 2.45) is 11.7 Å². The molecule has 0 saturated heterocycles. The highest BCUT2D eigenvalue weighted by atomic mass is 19.4. The molecule has 28 heavy (non-hydrogen) atoms. The quantitative estimate of drug-likeness (QED) is 0.765. The molecule has 2 aliphatic rings. The van der Waals surface area contributed by atoms with E-state index in [9.17, 15) is 36.4 Å². The molecule has 148 valence electrons. The molecule has 3 rings (SSSR count). The summed E-state index contributed by atoms with van der Waals surface area (Å²) in [6.07, 6.45) is -12.6. The van der Waals surface area contributed by atoms with Crippen LogP contribution in [-0.4, -0.2) is 24.2 Å². The number of ketones is 1. The molecule has 2 atom stereocenters. The maximum atomic E-state index is 13.4. The van der Waals surface area contributed by atoms with Gasteiger partial charge in [0.25, 0.3) is 5.78 Å². The van der Waals surface area contributed by atoms with Crippen LogP contribution in [0, 0.1) is 17.2 Å². The van der Waals surface area contributed by atoms with Crippen molar-refractivity contribution < 1.29 is 40.6 Å². The van der Waals surface area contributed by atoms with Crippen LogP contribution in [-0.2, 0) is 16.0 Å². The standard InChI is InChI=1S/C17H10F6N2O3/c18-16(19,20)13(26)12-11(10-5-7-3-1-2-4-9(7)27-10)8(6-24)15(25)28-14(12)17(21,22)23/h1-4,10-11H,5,25H2. The molecule has 1 aromatic carbocycles. The monoisotopic (exact) mass is 404 g/mol. The van der Waals surface area contributed by atoms with Gasteiger partial charge in [-0.15, -0.1) is 0 Å². The Balaban J connectivity index is 2.19. The summed E-state index contributed by atoms with van der Waals surface area (Å²) >= 11 is 0. The molecule has 2 heterocycles. The van der Waals surface area contributed by atoms with Crippen molar-refractivity contribution in [2.45, 2.75) is 24.9 Å². The number of nitriles is 1. The van der Waals surface area contributed by atoms with E-state index in [4.69, 9.17) is 10.5 Å². The minimum Gasteiger partial charge on any atom is -0.489 e. The van der Waals surface area contributed by atoms with Crippen molar-refractivity contribution in [3.63, 3.8) is 0 Å². The Morgan fingerprint density at radius 1 is 1.18 bits per heavy atom. The van der Waals surface area contributed by atoms with E-state index in [-0.39, 0.29) is 12.2 Å². The maximum Gasteiger partial charge on any atom is 0.454 e. The van der Waals surface area contributed by atoms with Crippen LogP contribution in [0.25, 0.3) is 0 Å². The lowest BCUT2D eigenvalue weighted by molar-refractivity contribution is -0.170. The van der Waals surface area contributed by atoms with Crippen LogP contribution in [0.2, 0.25) is 0 Å². The summed E-state index contributed by atoms with van der Waals surface area (Å²) in [7, 11) is 0. The number of fused-ring (bicyclic) bond motifs is 1. The molecular weight excluding hydrogens is 394 g/mol. The van der Waals surface area contributed by atoms with E-state index in [1.54, 1.807) is 18.2 Å². The topological polar surface area (TPSA) is 85.3 Å². The number of carbonyl (C=O) groups excluding carboxylic acids is 1. The molecule has 1 aromatic rings. The highest BCUT2D eigenvalue weighted by Gasteiger charge is 2.55. The smallest absolute Gasteiger partial charge is 0.454 e. The van der Waals surface area contributed by atoms with Crippen LogP contribution in [0.5, 0.6) is 5.75 Å². The third-order valence-corrected chi connectivity index (χ3v) is 4.27. The van der Waals surface area contributed by atoms with Crippen molar-refractivity contribution in [3.8, 4) is 11.8 Å². The summed E-state index contributed by atoms with van der Waals surface area (Å²) in [4.78, 5) is 11.9. The number of nitrogens with zero attached hydrogens (tertiary/aromatic N) is 1. The maximum absolute atomic E-state index is 13.4. The second-order valence-corrected chi connectivity index (χ2v) is 6.01. The Hall–Kier alpha value is -3.16. The molecule has 0 bridgehead atoms. The van der Waals surface area contributed by atoms with Crippen molar-refractivity contribution in [1.29, 1.82) is 5.26 Å². The molecule has 0 fully saturated rings. The number of nitrogens with two attached hydrogens (primary N) is 1. The van der Waals surface area contributed by atoms with Crippen molar-refractivity contribution >= 4 is 5.78 Å². The molecule has 5 nitrogen and oxygen atoms in total. The van der Waals surface area contributed by atoms with E-state index in [2.05, 4.69) is 4.74 Å². The van der Waals surface area contributed by atoms with E-state index in [1.165, 1.54) is 12.1 Å². The minimum atomic E-state index is -5.63. The fraction of sp³-hybridized carbons (Fsp3) is 0.294. The number of ether oxygens (including phenoxy) is 2. The summed E-state index contributed by atoms with van der Waals surface area (Å²) in [6.45, 7) is 0. The molecule has 0 aromatic heterocycles. The highest BCUT2D eigenvalue weighted by Crippen LogP contribution is 2.46. The number of carbonyl (C=O) groups is 1. The highest BCUT2D eigenvalue weighted by molar-refractivity contribution is 6.01. The second kappa shape index (κ2) is 6.47. The molecule has 2 N–H and O–H groups in total. The van der Waals surface area contributed by atoms with Gasteiger partial charge in [0, 0.05) is 6.42 Å². The zero-order valence-electron chi connectivity index (χ0n) is 13.7. The number of hydrogen-bond acceptors (Lipinski definition) is 5. The molecule has 2 unspecified atom stereocenters. The Bertz CT molecular complexity index is 914. The number of allylic oxidation sites excluding steroid dienone is 1. The number of halogens is 6. The van der Waals surface area contributed by atoms with E-state index in [0.717, 1.165) is 0 Å². The van der Waals surface area contributed by atoms with E-state index in [0.29, 0.717) is 5.56 Å². The SMILES string of the molecule is N#CC1=C(N)OC(C(F)(F)F)=C(C(=O)C(F)(F)F)C1C1Cc2ccccc2O1. The van der Waals surface area contributed by atoms with Crippen molar-refractivity contribution in [2.75, 3.05) is 0 Å². The first kappa shape index (κ1) is 19.6. The molecule has 0 aliphatic carbocycles. The molecular formula is C17H10F6N2O3. The summed E-state index contributed by atoms with van der Waals surface area (Å²) in [5.41, 5.74) is 3.38. The lowest BCUT2D eigenvalue weighted by Crippen LogP contribution is -2.42. The number of para-hydroxylation sites is 1. The average molecular weight is 404 g/mol. The molecule has 11 heteroatoms. The number of benzene rings is 1. The summed E-state index contributed by atoms with van der Waals surface area (Å²) in [5.74, 6) is -7.78. The van der Waals surface area contributed by atoms with Gasteiger partial charge in [-0.05, 0) is 11.6 Å². The minimum absolute atomic E-state index is 0.126. The van der Waals surface area contributed by atoms with Crippen LogP contribution in [0.3, 0.4) is 0 Å². The fourth-order valence-electron chi connectivity index (χ4n) is 3.16. The second-order valence-electron chi connectivity index (χ2n) is 6.01. The summed E-state index contributed by atoms with van der Waals surface area (Å²) in [5, 5.41) is 9.28. The van der Waals surface area contributed by atoms with E-state index < -0.39 is 52.9 Å².